The van der Waals surface area contributed by atoms with Crippen molar-refractivity contribution in [3.05, 3.63) is 35.6 Å². The number of carbonyl (C=O) groups is 1. The molecule has 1 aliphatic heterocycles. The molecule has 4 heteroatoms. The second-order valence-electron chi connectivity index (χ2n) is 6.16. The predicted octanol–water partition coefficient (Wildman–Crippen LogP) is 3.14. The number of hydrogen-bond acceptors (Lipinski definition) is 3. The highest BCUT2D eigenvalue weighted by Crippen LogP contribution is 2.24. The summed E-state index contributed by atoms with van der Waals surface area (Å²) in [6, 6.07) is 7.99. The van der Waals surface area contributed by atoms with Crippen molar-refractivity contribution in [2.45, 2.75) is 39.2 Å². The first-order valence-corrected chi connectivity index (χ1v) is 8.18. The molecular weight excluding hydrogens is 276 g/mol. The topological polar surface area (TPSA) is 54.3 Å². The van der Waals surface area contributed by atoms with Crippen LogP contribution in [0.5, 0.6) is 0 Å². The molecule has 3 rings (SSSR count). The highest BCUT2D eigenvalue weighted by Gasteiger charge is 2.15. The molecule has 1 aromatic carbocycles. The lowest BCUT2D eigenvalue weighted by Crippen LogP contribution is -2.29. The fourth-order valence-corrected chi connectivity index (χ4v) is 3.17. The summed E-state index contributed by atoms with van der Waals surface area (Å²) >= 11 is 0. The number of aryl methyl sites for hydroxylation is 1. The van der Waals surface area contributed by atoms with Crippen molar-refractivity contribution in [1.82, 2.24) is 10.6 Å². The van der Waals surface area contributed by atoms with Crippen LogP contribution >= 0.6 is 0 Å². The molecule has 0 radical (unpaired) electrons. The van der Waals surface area contributed by atoms with Crippen molar-refractivity contribution < 1.29 is 9.21 Å². The molecule has 2 heterocycles. The Bertz CT molecular complexity index is 642. The smallest absolute Gasteiger partial charge is 0.220 e. The maximum atomic E-state index is 12.0. The monoisotopic (exact) mass is 300 g/mol. The molecule has 0 unspecified atom stereocenters. The normalized spacial score (nSPS) is 16.0. The molecule has 0 aliphatic carbocycles. The summed E-state index contributed by atoms with van der Waals surface area (Å²) in [5, 5.41) is 7.47. The molecule has 0 atom stereocenters. The molecule has 1 fully saturated rings. The largest absolute Gasteiger partial charge is 0.459 e. The van der Waals surface area contributed by atoms with Crippen LogP contribution in [0.25, 0.3) is 11.0 Å². The molecule has 1 aliphatic rings. The number of fused-ring (bicyclic) bond motifs is 1. The van der Waals surface area contributed by atoms with Crippen LogP contribution in [0.2, 0.25) is 0 Å². The molecule has 1 aromatic heterocycles. The number of para-hydroxylation sites is 1. The SMILES string of the molecule is Cc1c(CNC(=O)CCC2CCNCC2)oc2ccccc12. The van der Waals surface area contributed by atoms with Gasteiger partial charge in [0.1, 0.15) is 11.3 Å². The first-order chi connectivity index (χ1) is 10.7. The minimum absolute atomic E-state index is 0.124. The van der Waals surface area contributed by atoms with Gasteiger partial charge in [-0.25, -0.2) is 0 Å². The van der Waals surface area contributed by atoms with E-state index < -0.39 is 0 Å². The lowest BCUT2D eigenvalue weighted by Gasteiger charge is -2.22. The summed E-state index contributed by atoms with van der Waals surface area (Å²) in [5.41, 5.74) is 2.01. The molecule has 1 amide bonds. The van der Waals surface area contributed by atoms with Gasteiger partial charge in [-0.2, -0.15) is 0 Å². The third kappa shape index (κ3) is 3.50. The van der Waals surface area contributed by atoms with Crippen LogP contribution in [0.15, 0.2) is 28.7 Å². The predicted molar refractivity (Wildman–Crippen MR) is 87.6 cm³/mol. The van der Waals surface area contributed by atoms with Crippen molar-refractivity contribution in [1.29, 1.82) is 0 Å². The second kappa shape index (κ2) is 6.97. The number of rotatable bonds is 5. The van der Waals surface area contributed by atoms with Crippen LogP contribution in [0.4, 0.5) is 0 Å². The van der Waals surface area contributed by atoms with E-state index in [0.717, 1.165) is 41.8 Å². The maximum absolute atomic E-state index is 12.0. The van der Waals surface area contributed by atoms with Gasteiger partial charge < -0.3 is 15.1 Å². The summed E-state index contributed by atoms with van der Waals surface area (Å²) in [4.78, 5) is 12.0. The number of benzene rings is 1. The van der Waals surface area contributed by atoms with Gasteiger partial charge in [-0.3, -0.25) is 4.79 Å². The average Bonchev–Trinajstić information content (AvgIpc) is 2.88. The van der Waals surface area contributed by atoms with Crippen molar-refractivity contribution in [3.8, 4) is 0 Å². The minimum atomic E-state index is 0.124. The molecule has 2 aromatic rings. The van der Waals surface area contributed by atoms with Crippen LogP contribution in [-0.4, -0.2) is 19.0 Å². The Hall–Kier alpha value is -1.81. The molecule has 1 saturated heterocycles. The van der Waals surface area contributed by atoms with Gasteiger partial charge in [0, 0.05) is 17.4 Å². The molecular formula is C18H24N2O2. The quantitative estimate of drug-likeness (QED) is 0.892. The Morgan fingerprint density at radius 2 is 2.09 bits per heavy atom. The molecule has 0 bridgehead atoms. The van der Waals surface area contributed by atoms with Gasteiger partial charge in [0.05, 0.1) is 6.54 Å². The molecule has 4 nitrogen and oxygen atoms in total. The Morgan fingerprint density at radius 1 is 1.32 bits per heavy atom. The summed E-state index contributed by atoms with van der Waals surface area (Å²) in [7, 11) is 0. The number of furan rings is 1. The van der Waals surface area contributed by atoms with Crippen molar-refractivity contribution >= 4 is 16.9 Å². The van der Waals surface area contributed by atoms with E-state index in [-0.39, 0.29) is 5.91 Å². The Morgan fingerprint density at radius 3 is 2.86 bits per heavy atom. The molecule has 0 spiro atoms. The third-order valence-corrected chi connectivity index (χ3v) is 4.63. The van der Waals surface area contributed by atoms with Gasteiger partial charge in [0.2, 0.25) is 5.91 Å². The highest BCUT2D eigenvalue weighted by molar-refractivity contribution is 5.82. The number of amides is 1. The van der Waals surface area contributed by atoms with Crippen LogP contribution in [0.1, 0.15) is 37.0 Å². The second-order valence-corrected chi connectivity index (χ2v) is 6.16. The lowest BCUT2D eigenvalue weighted by atomic mass is 9.93. The van der Waals surface area contributed by atoms with Gasteiger partial charge in [-0.15, -0.1) is 0 Å². The van der Waals surface area contributed by atoms with E-state index in [4.69, 9.17) is 4.42 Å². The molecule has 118 valence electrons. The summed E-state index contributed by atoms with van der Waals surface area (Å²) in [5.74, 6) is 1.68. The van der Waals surface area contributed by atoms with Crippen LogP contribution in [-0.2, 0) is 11.3 Å². The van der Waals surface area contributed by atoms with E-state index in [1.54, 1.807) is 0 Å². The van der Waals surface area contributed by atoms with Crippen LogP contribution in [0.3, 0.4) is 0 Å². The Labute approximate surface area is 131 Å². The number of nitrogens with one attached hydrogen (secondary N) is 2. The van der Waals surface area contributed by atoms with E-state index in [1.807, 2.05) is 25.1 Å². The Kier molecular flexibility index (Phi) is 4.78. The van der Waals surface area contributed by atoms with Gasteiger partial charge >= 0.3 is 0 Å². The number of carbonyl (C=O) groups excluding carboxylic acids is 1. The average molecular weight is 300 g/mol. The third-order valence-electron chi connectivity index (χ3n) is 4.63. The van der Waals surface area contributed by atoms with E-state index in [1.165, 1.54) is 12.8 Å². The van der Waals surface area contributed by atoms with E-state index in [9.17, 15) is 4.79 Å². The first kappa shape index (κ1) is 15.1. The molecule has 22 heavy (non-hydrogen) atoms. The zero-order valence-electron chi connectivity index (χ0n) is 13.2. The maximum Gasteiger partial charge on any atom is 0.220 e. The van der Waals surface area contributed by atoms with Crippen molar-refractivity contribution in [2.75, 3.05) is 13.1 Å². The summed E-state index contributed by atoms with van der Waals surface area (Å²) in [6.45, 7) is 4.70. The standard InChI is InChI=1S/C18H24N2O2/c1-13-15-4-2-3-5-16(15)22-17(13)12-20-18(21)7-6-14-8-10-19-11-9-14/h2-5,14,19H,6-12H2,1H3,(H,20,21). The van der Waals surface area contributed by atoms with E-state index in [2.05, 4.69) is 16.7 Å². The molecule has 0 saturated carbocycles. The zero-order valence-corrected chi connectivity index (χ0v) is 13.2. The van der Waals surface area contributed by atoms with Crippen LogP contribution < -0.4 is 10.6 Å². The lowest BCUT2D eigenvalue weighted by molar-refractivity contribution is -0.121. The fourth-order valence-electron chi connectivity index (χ4n) is 3.17. The number of hydrogen-bond donors (Lipinski definition) is 2. The van der Waals surface area contributed by atoms with E-state index in [0.29, 0.717) is 18.9 Å². The van der Waals surface area contributed by atoms with Crippen LogP contribution in [0, 0.1) is 12.8 Å². The highest BCUT2D eigenvalue weighted by atomic mass is 16.3. The van der Waals surface area contributed by atoms with Gasteiger partial charge in [-0.05, 0) is 51.3 Å². The van der Waals surface area contributed by atoms with Gasteiger partial charge in [-0.1, -0.05) is 18.2 Å². The summed E-state index contributed by atoms with van der Waals surface area (Å²) in [6.07, 6.45) is 3.99. The minimum Gasteiger partial charge on any atom is -0.459 e. The van der Waals surface area contributed by atoms with Gasteiger partial charge in [0.15, 0.2) is 0 Å². The van der Waals surface area contributed by atoms with Gasteiger partial charge in [0.25, 0.3) is 0 Å². The van der Waals surface area contributed by atoms with Crippen molar-refractivity contribution in [2.24, 2.45) is 5.92 Å². The van der Waals surface area contributed by atoms with Crippen molar-refractivity contribution in [3.63, 3.8) is 0 Å². The fraction of sp³-hybridized carbons (Fsp3) is 0.500. The Balaban J connectivity index is 1.50. The molecule has 2 N–H and O–H groups in total. The first-order valence-electron chi connectivity index (χ1n) is 8.18. The number of piperidine rings is 1. The summed E-state index contributed by atoms with van der Waals surface area (Å²) < 4.78 is 5.82. The zero-order chi connectivity index (χ0) is 15.4. The van der Waals surface area contributed by atoms with E-state index >= 15 is 0 Å².